The van der Waals surface area contributed by atoms with Gasteiger partial charge in [0.1, 0.15) is 17.2 Å². The van der Waals surface area contributed by atoms with Gasteiger partial charge in [-0.15, -0.1) is 5.10 Å². The maximum atomic E-state index is 9.67. The molecule has 38 heavy (non-hydrogen) atoms. The lowest BCUT2D eigenvalue weighted by Crippen LogP contribution is -2.48. The zero-order valence-electron chi connectivity index (χ0n) is 22.2. The molecular weight excluding hydrogens is 484 g/mol. The molecule has 3 heterocycles. The smallest absolute Gasteiger partial charge is 0.245 e. The zero-order chi connectivity index (χ0) is 26.6. The first kappa shape index (κ1) is 25.6. The van der Waals surface area contributed by atoms with Gasteiger partial charge in [-0.25, -0.2) is 9.50 Å². The van der Waals surface area contributed by atoms with Crippen LogP contribution in [0.1, 0.15) is 6.92 Å². The molecule has 0 aliphatic carbocycles. The third-order valence-corrected chi connectivity index (χ3v) is 6.77. The van der Waals surface area contributed by atoms with Crippen molar-refractivity contribution >= 4 is 22.8 Å². The number of aliphatic hydroxyl groups is 1. The lowest BCUT2D eigenvalue weighted by Gasteiger charge is -2.36. The number of rotatable bonds is 9. The molecule has 4 aromatic rings. The van der Waals surface area contributed by atoms with Crippen molar-refractivity contribution in [3.05, 3.63) is 54.7 Å². The third kappa shape index (κ3) is 5.18. The number of piperazine rings is 1. The Morgan fingerprint density at radius 1 is 0.921 bits per heavy atom. The normalized spacial score (nSPS) is 14.9. The summed E-state index contributed by atoms with van der Waals surface area (Å²) in [6, 6.07) is 15.7. The highest BCUT2D eigenvalue weighted by atomic mass is 16.5. The van der Waals surface area contributed by atoms with Crippen molar-refractivity contribution in [2.24, 2.45) is 0 Å². The maximum Gasteiger partial charge on any atom is 0.245 e. The van der Waals surface area contributed by atoms with Crippen LogP contribution in [0, 0.1) is 0 Å². The second-order valence-electron chi connectivity index (χ2n) is 9.32. The lowest BCUT2D eigenvalue weighted by molar-refractivity contribution is 0.122. The Kier molecular flexibility index (Phi) is 7.52. The van der Waals surface area contributed by atoms with Gasteiger partial charge in [0.2, 0.25) is 5.95 Å². The first-order valence-corrected chi connectivity index (χ1v) is 12.7. The Bertz CT molecular complexity index is 1380. The second-order valence-corrected chi connectivity index (χ2v) is 9.32. The molecule has 0 radical (unpaired) electrons. The molecule has 1 atom stereocenters. The van der Waals surface area contributed by atoms with E-state index < -0.39 is 0 Å². The van der Waals surface area contributed by atoms with Crippen LogP contribution in [0.2, 0.25) is 0 Å². The van der Waals surface area contributed by atoms with Crippen molar-refractivity contribution in [3.63, 3.8) is 0 Å². The second kappa shape index (κ2) is 11.2. The summed E-state index contributed by atoms with van der Waals surface area (Å²) in [6.45, 7) is 6.15. The van der Waals surface area contributed by atoms with Crippen LogP contribution in [0.5, 0.6) is 17.2 Å². The molecule has 1 unspecified atom stereocenters. The van der Waals surface area contributed by atoms with Gasteiger partial charge in [0.05, 0.1) is 56.1 Å². The Hall–Kier alpha value is -4.02. The van der Waals surface area contributed by atoms with Crippen molar-refractivity contribution < 1.29 is 19.3 Å². The predicted molar refractivity (Wildman–Crippen MR) is 148 cm³/mol. The van der Waals surface area contributed by atoms with Crippen LogP contribution in [0.4, 0.5) is 17.3 Å². The topological polar surface area (TPSA) is 96.6 Å². The number of methoxy groups -OCH3 is 3. The monoisotopic (exact) mass is 518 g/mol. The number of benzene rings is 2. The van der Waals surface area contributed by atoms with Gasteiger partial charge in [0, 0.05) is 44.5 Å². The van der Waals surface area contributed by atoms with Crippen molar-refractivity contribution in [3.8, 4) is 28.5 Å². The summed E-state index contributed by atoms with van der Waals surface area (Å²) >= 11 is 0. The van der Waals surface area contributed by atoms with E-state index in [0.717, 1.165) is 54.3 Å². The largest absolute Gasteiger partial charge is 0.496 e. The number of β-amino-alcohol motifs (C(OH)–C–C–N with tert-alkyl or cyclic N) is 1. The van der Waals surface area contributed by atoms with Gasteiger partial charge in [-0.05, 0) is 43.3 Å². The van der Waals surface area contributed by atoms with Crippen molar-refractivity contribution in [2.45, 2.75) is 13.0 Å². The molecule has 10 heteroatoms. The SMILES string of the molecule is COc1cc(N2CCN(CC(C)O)CC2)ccc1Nc1ncc2ccc(-c3c(OC)cccc3OC)n2n1. The van der Waals surface area contributed by atoms with Gasteiger partial charge < -0.3 is 29.5 Å². The summed E-state index contributed by atoms with van der Waals surface area (Å²) in [7, 11) is 4.94. The molecule has 10 nitrogen and oxygen atoms in total. The van der Waals surface area contributed by atoms with Crippen molar-refractivity contribution in [2.75, 3.05) is 64.3 Å². The molecular formula is C28H34N6O4. The fourth-order valence-electron chi connectivity index (χ4n) is 4.91. The Morgan fingerprint density at radius 3 is 2.29 bits per heavy atom. The number of fused-ring (bicyclic) bond motifs is 1. The van der Waals surface area contributed by atoms with Crippen molar-refractivity contribution in [1.82, 2.24) is 19.5 Å². The van der Waals surface area contributed by atoms with Gasteiger partial charge in [-0.1, -0.05) is 6.07 Å². The minimum Gasteiger partial charge on any atom is -0.496 e. The molecule has 2 N–H and O–H groups in total. The van der Waals surface area contributed by atoms with E-state index in [9.17, 15) is 5.11 Å². The average molecular weight is 519 g/mol. The minimum absolute atomic E-state index is 0.312. The number of hydrogen-bond donors (Lipinski definition) is 2. The van der Waals surface area contributed by atoms with E-state index in [0.29, 0.717) is 29.7 Å². The van der Waals surface area contributed by atoms with E-state index in [1.165, 1.54) is 0 Å². The number of aromatic nitrogens is 3. The van der Waals surface area contributed by atoms with Gasteiger partial charge in [-0.2, -0.15) is 0 Å². The number of ether oxygens (including phenoxy) is 3. The van der Waals surface area contributed by atoms with Gasteiger partial charge in [-0.3, -0.25) is 4.90 Å². The molecule has 5 rings (SSSR count). The average Bonchev–Trinajstić information content (AvgIpc) is 3.35. The fraction of sp³-hybridized carbons (Fsp3) is 0.357. The first-order chi connectivity index (χ1) is 18.5. The molecule has 2 aromatic heterocycles. The lowest BCUT2D eigenvalue weighted by atomic mass is 10.1. The summed E-state index contributed by atoms with van der Waals surface area (Å²) in [6.07, 6.45) is 1.46. The number of nitrogens with zero attached hydrogens (tertiary/aromatic N) is 5. The number of nitrogens with one attached hydrogen (secondary N) is 1. The summed E-state index contributed by atoms with van der Waals surface area (Å²) in [5.74, 6) is 2.53. The highest BCUT2D eigenvalue weighted by molar-refractivity contribution is 5.77. The molecule has 1 aliphatic rings. The number of anilines is 3. The Labute approximate surface area is 222 Å². The zero-order valence-corrected chi connectivity index (χ0v) is 22.2. The first-order valence-electron chi connectivity index (χ1n) is 12.7. The van der Waals surface area contributed by atoms with E-state index in [1.54, 1.807) is 27.5 Å². The molecule has 1 saturated heterocycles. The van der Waals surface area contributed by atoms with Crippen LogP contribution >= 0.6 is 0 Å². The summed E-state index contributed by atoms with van der Waals surface area (Å²) in [5, 5.41) is 17.8. The van der Waals surface area contributed by atoms with E-state index in [4.69, 9.17) is 19.3 Å². The molecule has 0 amide bonds. The number of aliphatic hydroxyl groups excluding tert-OH is 1. The highest BCUT2D eigenvalue weighted by Crippen LogP contribution is 2.39. The molecule has 2 aromatic carbocycles. The Balaban J connectivity index is 1.40. The Morgan fingerprint density at radius 2 is 1.63 bits per heavy atom. The van der Waals surface area contributed by atoms with Crippen LogP contribution in [0.3, 0.4) is 0 Å². The quantitative estimate of drug-likeness (QED) is 0.344. The predicted octanol–water partition coefficient (Wildman–Crippen LogP) is 3.67. The summed E-state index contributed by atoms with van der Waals surface area (Å²) in [5.41, 5.74) is 4.35. The van der Waals surface area contributed by atoms with Crippen molar-refractivity contribution in [1.29, 1.82) is 0 Å². The number of hydrogen-bond acceptors (Lipinski definition) is 9. The van der Waals surface area contributed by atoms with E-state index in [1.807, 2.05) is 53.9 Å². The van der Waals surface area contributed by atoms with Gasteiger partial charge in [0.25, 0.3) is 0 Å². The molecule has 0 bridgehead atoms. The highest BCUT2D eigenvalue weighted by Gasteiger charge is 2.20. The van der Waals surface area contributed by atoms with Gasteiger partial charge in [0.15, 0.2) is 0 Å². The van der Waals surface area contributed by atoms with Crippen LogP contribution in [-0.4, -0.2) is 84.8 Å². The maximum absolute atomic E-state index is 9.67. The van der Waals surface area contributed by atoms with Crippen LogP contribution in [0.25, 0.3) is 16.8 Å². The standard InChI is InChI=1S/C28H34N6O4/c1-19(35)18-32-12-14-33(15-13-32)20-8-10-22(26(16-20)38-4)30-28-29-17-21-9-11-23(34(21)31-28)27-24(36-2)6-5-7-25(27)37-3/h5-11,16-17,19,35H,12-15,18H2,1-4H3,(H,30,31). The van der Waals surface area contributed by atoms with Gasteiger partial charge >= 0.3 is 0 Å². The minimum atomic E-state index is -0.312. The van der Waals surface area contributed by atoms with Crippen LogP contribution < -0.4 is 24.4 Å². The summed E-state index contributed by atoms with van der Waals surface area (Å²) in [4.78, 5) is 9.14. The molecule has 0 saturated carbocycles. The van der Waals surface area contributed by atoms with E-state index in [-0.39, 0.29) is 6.10 Å². The third-order valence-electron chi connectivity index (χ3n) is 6.77. The fourth-order valence-corrected chi connectivity index (χ4v) is 4.91. The molecule has 1 aliphatic heterocycles. The van der Waals surface area contributed by atoms with E-state index in [2.05, 4.69) is 26.2 Å². The molecule has 1 fully saturated rings. The van der Waals surface area contributed by atoms with E-state index >= 15 is 0 Å². The van der Waals surface area contributed by atoms with Crippen LogP contribution in [-0.2, 0) is 0 Å². The van der Waals surface area contributed by atoms with Crippen LogP contribution in [0.15, 0.2) is 54.7 Å². The summed E-state index contributed by atoms with van der Waals surface area (Å²) < 4.78 is 18.8. The molecule has 0 spiro atoms. The molecule has 200 valence electrons.